The molecule has 1 fully saturated rings. The van der Waals surface area contributed by atoms with Gasteiger partial charge in [0.2, 0.25) is 0 Å². The Labute approximate surface area is 140 Å². The topological polar surface area (TPSA) is 55.6 Å². The first-order chi connectivity index (χ1) is 11.7. The predicted octanol–water partition coefficient (Wildman–Crippen LogP) is 3.43. The zero-order chi connectivity index (χ0) is 16.5. The van der Waals surface area contributed by atoms with E-state index in [1.165, 1.54) is 0 Å². The van der Waals surface area contributed by atoms with Gasteiger partial charge in [-0.05, 0) is 43.5 Å². The van der Waals surface area contributed by atoms with Crippen LogP contribution < -0.4 is 5.32 Å². The Kier molecular flexibility index (Phi) is 3.78. The maximum Gasteiger partial charge on any atom is 0.253 e. The van der Waals surface area contributed by atoms with Gasteiger partial charge in [0.05, 0.1) is 5.69 Å². The van der Waals surface area contributed by atoms with Crippen molar-refractivity contribution < 1.29 is 9.53 Å². The molecule has 0 saturated carbocycles. The molecule has 0 spiro atoms. The summed E-state index contributed by atoms with van der Waals surface area (Å²) in [6.07, 6.45) is 5.37. The maximum atomic E-state index is 12.3. The molecule has 1 amide bonds. The molecule has 3 heterocycles. The van der Waals surface area contributed by atoms with Gasteiger partial charge in [-0.15, -0.1) is 0 Å². The van der Waals surface area contributed by atoms with E-state index in [4.69, 9.17) is 4.74 Å². The van der Waals surface area contributed by atoms with Gasteiger partial charge >= 0.3 is 0 Å². The van der Waals surface area contributed by atoms with Crippen molar-refractivity contribution in [2.45, 2.75) is 25.9 Å². The van der Waals surface area contributed by atoms with Gasteiger partial charge in [0.1, 0.15) is 11.8 Å². The fourth-order valence-electron chi connectivity index (χ4n) is 2.99. The van der Waals surface area contributed by atoms with E-state index < -0.39 is 0 Å². The minimum atomic E-state index is -0.330. The van der Waals surface area contributed by atoms with E-state index in [1.54, 1.807) is 0 Å². The molecule has 1 atom stereocenters. The molecule has 122 valence electrons. The lowest BCUT2D eigenvalue weighted by Gasteiger charge is -2.13. The number of nitrogens with zero attached hydrogens (tertiary/aromatic N) is 2. The summed E-state index contributed by atoms with van der Waals surface area (Å²) >= 11 is 0. The lowest BCUT2D eigenvalue weighted by Crippen LogP contribution is -2.27. The number of fused-ring (bicyclic) bond motifs is 1. The Bertz CT molecular complexity index is 862. The van der Waals surface area contributed by atoms with Crippen molar-refractivity contribution in [3.63, 3.8) is 0 Å². The van der Waals surface area contributed by atoms with Crippen LogP contribution in [-0.4, -0.2) is 28.0 Å². The van der Waals surface area contributed by atoms with Crippen LogP contribution in [0.2, 0.25) is 0 Å². The second-order valence-electron chi connectivity index (χ2n) is 6.11. The largest absolute Gasteiger partial charge is 0.368 e. The number of carbonyl (C=O) groups excluding carboxylic acids is 1. The highest BCUT2D eigenvalue weighted by Gasteiger charge is 2.24. The van der Waals surface area contributed by atoms with Gasteiger partial charge in [0.25, 0.3) is 5.91 Å². The zero-order valence-corrected chi connectivity index (χ0v) is 13.5. The van der Waals surface area contributed by atoms with Gasteiger partial charge in [0, 0.05) is 30.3 Å². The molecule has 5 heteroatoms. The van der Waals surface area contributed by atoms with E-state index in [0.29, 0.717) is 6.61 Å². The van der Waals surface area contributed by atoms with Crippen molar-refractivity contribution in [1.29, 1.82) is 0 Å². The molecule has 1 saturated heterocycles. The molecule has 1 aliphatic rings. The smallest absolute Gasteiger partial charge is 0.253 e. The van der Waals surface area contributed by atoms with Crippen LogP contribution in [0.1, 0.15) is 18.4 Å². The number of aryl methyl sites for hydroxylation is 1. The van der Waals surface area contributed by atoms with Crippen LogP contribution in [0.25, 0.3) is 16.9 Å². The number of anilines is 1. The van der Waals surface area contributed by atoms with E-state index in [0.717, 1.165) is 41.0 Å². The number of pyridine rings is 1. The highest BCUT2D eigenvalue weighted by Crippen LogP contribution is 2.26. The summed E-state index contributed by atoms with van der Waals surface area (Å²) in [5.74, 6) is -0.0669. The van der Waals surface area contributed by atoms with Crippen LogP contribution in [-0.2, 0) is 9.53 Å². The van der Waals surface area contributed by atoms with Crippen molar-refractivity contribution in [2.75, 3.05) is 11.9 Å². The van der Waals surface area contributed by atoms with E-state index in [1.807, 2.05) is 60.1 Å². The summed E-state index contributed by atoms with van der Waals surface area (Å²) < 4.78 is 7.44. The fourth-order valence-corrected chi connectivity index (χ4v) is 2.99. The summed E-state index contributed by atoms with van der Waals surface area (Å²) in [7, 11) is 0. The van der Waals surface area contributed by atoms with Crippen LogP contribution >= 0.6 is 0 Å². The van der Waals surface area contributed by atoms with Crippen molar-refractivity contribution in [1.82, 2.24) is 9.38 Å². The second kappa shape index (κ2) is 6.09. The lowest BCUT2D eigenvalue weighted by atomic mass is 10.1. The van der Waals surface area contributed by atoms with Gasteiger partial charge < -0.3 is 14.5 Å². The summed E-state index contributed by atoms with van der Waals surface area (Å²) in [6, 6.07) is 11.9. The number of rotatable bonds is 3. The standard InChI is InChI=1S/C19H19N3O2/c1-13-7-8-14(16-12-22-9-3-2-6-18(22)20-16)11-15(13)21-19(23)17-5-4-10-24-17/h2-3,6-9,11-12,17H,4-5,10H2,1H3,(H,21,23). The summed E-state index contributed by atoms with van der Waals surface area (Å²) in [5.41, 5.74) is 4.60. The van der Waals surface area contributed by atoms with E-state index in [2.05, 4.69) is 10.3 Å². The predicted molar refractivity (Wildman–Crippen MR) is 93.0 cm³/mol. The third kappa shape index (κ3) is 2.78. The molecule has 24 heavy (non-hydrogen) atoms. The van der Waals surface area contributed by atoms with Crippen LogP contribution in [0, 0.1) is 6.92 Å². The minimum Gasteiger partial charge on any atom is -0.368 e. The van der Waals surface area contributed by atoms with E-state index >= 15 is 0 Å². The van der Waals surface area contributed by atoms with Gasteiger partial charge in [0.15, 0.2) is 0 Å². The zero-order valence-electron chi connectivity index (χ0n) is 13.5. The first-order valence-electron chi connectivity index (χ1n) is 8.18. The SMILES string of the molecule is Cc1ccc(-c2cn3ccccc3n2)cc1NC(=O)C1CCCO1. The average molecular weight is 321 g/mol. The van der Waals surface area contributed by atoms with Gasteiger partial charge in [-0.3, -0.25) is 4.79 Å². The summed E-state index contributed by atoms with van der Waals surface area (Å²) in [5, 5.41) is 3.00. The highest BCUT2D eigenvalue weighted by atomic mass is 16.5. The maximum absolute atomic E-state index is 12.3. The number of amides is 1. The van der Waals surface area contributed by atoms with Gasteiger partial charge in [-0.2, -0.15) is 0 Å². The lowest BCUT2D eigenvalue weighted by molar-refractivity contribution is -0.124. The van der Waals surface area contributed by atoms with Gasteiger partial charge in [-0.1, -0.05) is 18.2 Å². The molecule has 0 bridgehead atoms. The minimum absolute atomic E-state index is 0.0669. The number of hydrogen-bond donors (Lipinski definition) is 1. The third-order valence-electron chi connectivity index (χ3n) is 4.38. The monoisotopic (exact) mass is 321 g/mol. The number of benzene rings is 1. The first-order valence-corrected chi connectivity index (χ1v) is 8.18. The molecule has 0 aliphatic carbocycles. The van der Waals surface area contributed by atoms with Crippen LogP contribution in [0.3, 0.4) is 0 Å². The number of aromatic nitrogens is 2. The Balaban J connectivity index is 1.64. The Morgan fingerprint density at radius 3 is 3.04 bits per heavy atom. The summed E-state index contributed by atoms with van der Waals surface area (Å²) in [6.45, 7) is 2.65. The molecule has 1 aliphatic heterocycles. The van der Waals surface area contributed by atoms with Crippen molar-refractivity contribution >= 4 is 17.2 Å². The van der Waals surface area contributed by atoms with Crippen LogP contribution in [0.5, 0.6) is 0 Å². The number of carbonyl (C=O) groups is 1. The number of ether oxygens (including phenoxy) is 1. The molecule has 4 rings (SSSR count). The average Bonchev–Trinajstić information content (AvgIpc) is 3.26. The third-order valence-corrected chi connectivity index (χ3v) is 4.38. The molecule has 0 radical (unpaired) electrons. The molecule has 1 N–H and O–H groups in total. The van der Waals surface area contributed by atoms with E-state index in [-0.39, 0.29) is 12.0 Å². The number of nitrogens with one attached hydrogen (secondary N) is 1. The van der Waals surface area contributed by atoms with Crippen molar-refractivity contribution in [3.05, 3.63) is 54.4 Å². The second-order valence-corrected chi connectivity index (χ2v) is 6.11. The fraction of sp³-hybridized carbons (Fsp3) is 0.263. The molecule has 2 aromatic heterocycles. The number of hydrogen-bond acceptors (Lipinski definition) is 3. The molecule has 5 nitrogen and oxygen atoms in total. The Morgan fingerprint density at radius 2 is 2.25 bits per heavy atom. The van der Waals surface area contributed by atoms with Crippen LogP contribution in [0.15, 0.2) is 48.8 Å². The normalized spacial score (nSPS) is 17.3. The van der Waals surface area contributed by atoms with Crippen molar-refractivity contribution in [3.8, 4) is 11.3 Å². The van der Waals surface area contributed by atoms with E-state index in [9.17, 15) is 4.79 Å². The first kappa shape index (κ1) is 14.9. The van der Waals surface area contributed by atoms with Crippen molar-refractivity contribution in [2.24, 2.45) is 0 Å². The van der Waals surface area contributed by atoms with Crippen LogP contribution in [0.4, 0.5) is 5.69 Å². The highest BCUT2D eigenvalue weighted by molar-refractivity contribution is 5.95. The Hall–Kier alpha value is -2.66. The molecule has 3 aromatic rings. The Morgan fingerprint density at radius 1 is 1.33 bits per heavy atom. The quantitative estimate of drug-likeness (QED) is 0.804. The summed E-state index contributed by atoms with van der Waals surface area (Å²) in [4.78, 5) is 16.9. The molecular formula is C19H19N3O2. The van der Waals surface area contributed by atoms with Gasteiger partial charge in [-0.25, -0.2) is 4.98 Å². The number of imidazole rings is 1. The molecular weight excluding hydrogens is 302 g/mol. The molecule has 1 aromatic carbocycles. The molecule has 1 unspecified atom stereocenters.